The Hall–Kier alpha value is -5.69. The lowest BCUT2D eigenvalue weighted by molar-refractivity contribution is 1.47. The van der Waals surface area contributed by atoms with Gasteiger partial charge in [-0.3, -0.25) is 0 Å². The highest BCUT2D eigenvalue weighted by molar-refractivity contribution is 6.34. The average Bonchev–Trinajstić information content (AvgIpc) is 3.73. The summed E-state index contributed by atoms with van der Waals surface area (Å²) >= 11 is 0. The first-order valence-electron chi connectivity index (χ1n) is 13.0. The molecule has 7 heteroatoms. The van der Waals surface area contributed by atoms with Crippen LogP contribution in [0.5, 0.6) is 0 Å². The third-order valence-corrected chi connectivity index (χ3v) is 7.49. The second-order valence-electron chi connectivity index (χ2n) is 9.82. The highest BCUT2D eigenvalue weighted by Crippen LogP contribution is 2.33. The van der Waals surface area contributed by atoms with Crippen molar-refractivity contribution >= 4 is 46.4 Å². The third kappa shape index (κ3) is 3.03. The van der Waals surface area contributed by atoms with Gasteiger partial charge in [-0.2, -0.15) is 0 Å². The summed E-state index contributed by atoms with van der Waals surface area (Å²) in [4.78, 5) is 34.8. The summed E-state index contributed by atoms with van der Waals surface area (Å²) in [5.41, 5.74) is 9.13. The number of benzene rings is 4. The maximum absolute atomic E-state index is 5.06. The molecule has 0 amide bonds. The van der Waals surface area contributed by atoms with Crippen LogP contribution in [0.2, 0.25) is 0 Å². The van der Waals surface area contributed by atoms with Crippen LogP contribution in [0.15, 0.2) is 138 Å². The highest BCUT2D eigenvalue weighted by atomic mass is 15.1. The minimum absolute atomic E-state index is 0.568. The summed E-state index contributed by atoms with van der Waals surface area (Å²) in [6.07, 6.45) is 2.01. The van der Waals surface area contributed by atoms with Gasteiger partial charge in [-0.15, -0.1) is 0 Å². The van der Waals surface area contributed by atoms with Crippen molar-refractivity contribution in [2.75, 3.05) is 0 Å². The molecule has 184 valence electrons. The van der Waals surface area contributed by atoms with E-state index in [4.69, 9.17) is 34.9 Å². The zero-order valence-corrected chi connectivity index (χ0v) is 20.9. The molecule has 0 N–H and O–H groups in total. The summed E-state index contributed by atoms with van der Waals surface area (Å²) in [6, 6.07) is 32.2. The lowest BCUT2D eigenvalue weighted by Gasteiger charge is -2.03. The minimum atomic E-state index is 0.568. The van der Waals surface area contributed by atoms with Crippen LogP contribution in [-0.2, 0) is 0 Å². The lowest BCUT2D eigenvalue weighted by Crippen LogP contribution is -2.02. The molecule has 4 aliphatic heterocycles. The van der Waals surface area contributed by atoms with E-state index in [-0.39, 0.29) is 0 Å². The Kier molecular flexibility index (Phi) is 4.20. The molecular formula is C33H17N7. The maximum atomic E-state index is 5.06. The molecule has 40 heavy (non-hydrogen) atoms. The second-order valence-corrected chi connectivity index (χ2v) is 9.82. The van der Waals surface area contributed by atoms with Crippen LogP contribution in [0.25, 0.3) is 5.70 Å². The standard InChI is InChI=1S/C33H17N7/c1-2-10-19-18(9-1)26-17-27(19)35-29-21-12-4-6-14-23(21)31(37-29)39-33-25-16-8-7-15-24(25)32(40-33)38-30-22-13-5-3-11-20(22)28(34-26)36-30/h1-17H. The molecule has 7 nitrogen and oxygen atoms in total. The van der Waals surface area contributed by atoms with Crippen molar-refractivity contribution in [1.29, 1.82) is 0 Å². The van der Waals surface area contributed by atoms with Crippen LogP contribution >= 0.6 is 0 Å². The van der Waals surface area contributed by atoms with Crippen molar-refractivity contribution in [3.63, 3.8) is 0 Å². The Labute approximate surface area is 228 Å². The largest absolute Gasteiger partial charge is 0.228 e. The maximum Gasteiger partial charge on any atom is 0.164 e. The normalized spacial score (nSPS) is 17.2. The van der Waals surface area contributed by atoms with Crippen molar-refractivity contribution in [2.24, 2.45) is 34.9 Å². The number of allylic oxidation sites excluding steroid dienone is 1. The molecule has 1 aliphatic carbocycles. The van der Waals surface area contributed by atoms with Gasteiger partial charge in [-0.1, -0.05) is 97.1 Å². The van der Waals surface area contributed by atoms with E-state index in [1.807, 2.05) is 91.0 Å². The summed E-state index contributed by atoms with van der Waals surface area (Å²) in [7, 11) is 0. The fourth-order valence-electron chi connectivity index (χ4n) is 5.62. The van der Waals surface area contributed by atoms with Gasteiger partial charge in [0.2, 0.25) is 0 Å². The zero-order valence-electron chi connectivity index (χ0n) is 20.9. The van der Waals surface area contributed by atoms with Crippen molar-refractivity contribution in [2.45, 2.75) is 0 Å². The Bertz CT molecular complexity index is 1780. The predicted octanol–water partition coefficient (Wildman–Crippen LogP) is 5.46. The first-order valence-corrected chi connectivity index (χ1v) is 13.0. The van der Waals surface area contributed by atoms with Gasteiger partial charge < -0.3 is 0 Å². The molecule has 8 bridgehead atoms. The van der Waals surface area contributed by atoms with Crippen LogP contribution in [0, 0.1) is 0 Å². The Morgan fingerprint density at radius 1 is 0.275 bits per heavy atom. The Morgan fingerprint density at radius 3 is 0.975 bits per heavy atom. The molecule has 0 aromatic heterocycles. The van der Waals surface area contributed by atoms with E-state index < -0.39 is 0 Å². The minimum Gasteiger partial charge on any atom is -0.228 e. The van der Waals surface area contributed by atoms with Crippen molar-refractivity contribution < 1.29 is 0 Å². The number of hydrogen-bond acceptors (Lipinski definition) is 7. The fraction of sp³-hybridized carbons (Fsp3) is 0. The molecule has 0 radical (unpaired) electrons. The van der Waals surface area contributed by atoms with E-state index in [0.29, 0.717) is 35.0 Å². The molecule has 0 fully saturated rings. The summed E-state index contributed by atoms with van der Waals surface area (Å²) < 4.78 is 0. The monoisotopic (exact) mass is 511 g/mol. The molecule has 5 aliphatic rings. The molecule has 0 saturated carbocycles. The molecule has 4 heterocycles. The second kappa shape index (κ2) is 7.91. The van der Waals surface area contributed by atoms with Gasteiger partial charge in [0, 0.05) is 44.5 Å². The van der Waals surface area contributed by atoms with Crippen LogP contribution in [-0.4, -0.2) is 40.7 Å². The van der Waals surface area contributed by atoms with E-state index in [9.17, 15) is 0 Å². The quantitative estimate of drug-likeness (QED) is 0.300. The Morgan fingerprint density at radius 2 is 0.575 bits per heavy atom. The van der Waals surface area contributed by atoms with Crippen LogP contribution < -0.4 is 0 Å². The van der Waals surface area contributed by atoms with Crippen molar-refractivity contribution in [3.05, 3.63) is 148 Å². The molecule has 0 unspecified atom stereocenters. The SMILES string of the molecule is C1=C2N=C3N=C(N=C4N=C(N=C5N=C(N=C1c1ccccc12)c1ccccc15)c1ccccc14)c1ccccc13. The zero-order chi connectivity index (χ0) is 26.2. The van der Waals surface area contributed by atoms with Gasteiger partial charge >= 0.3 is 0 Å². The number of rotatable bonds is 0. The van der Waals surface area contributed by atoms with Gasteiger partial charge in [-0.05, 0) is 6.08 Å². The molecule has 4 aromatic rings. The van der Waals surface area contributed by atoms with E-state index in [2.05, 4.69) is 12.1 Å². The van der Waals surface area contributed by atoms with Crippen LogP contribution in [0.3, 0.4) is 0 Å². The Balaban J connectivity index is 1.36. The van der Waals surface area contributed by atoms with Crippen LogP contribution in [0.1, 0.15) is 44.5 Å². The highest BCUT2D eigenvalue weighted by Gasteiger charge is 2.30. The molecular weight excluding hydrogens is 494 g/mol. The van der Waals surface area contributed by atoms with E-state index in [0.717, 1.165) is 55.9 Å². The van der Waals surface area contributed by atoms with Gasteiger partial charge in [0.1, 0.15) is 0 Å². The molecule has 9 rings (SSSR count). The number of hydrogen-bond donors (Lipinski definition) is 0. The number of fused-ring (bicyclic) bond motifs is 16. The van der Waals surface area contributed by atoms with Gasteiger partial charge in [0.25, 0.3) is 0 Å². The molecule has 0 saturated heterocycles. The summed E-state index contributed by atoms with van der Waals surface area (Å²) in [5.74, 6) is 3.52. The number of amidine groups is 6. The first-order chi connectivity index (χ1) is 19.8. The van der Waals surface area contributed by atoms with E-state index in [1.165, 1.54) is 0 Å². The van der Waals surface area contributed by atoms with E-state index in [1.54, 1.807) is 0 Å². The lowest BCUT2D eigenvalue weighted by atomic mass is 10.1. The fourth-order valence-corrected chi connectivity index (χ4v) is 5.62. The number of nitrogens with zero attached hydrogens (tertiary/aromatic N) is 7. The third-order valence-electron chi connectivity index (χ3n) is 7.49. The van der Waals surface area contributed by atoms with Crippen molar-refractivity contribution in [3.8, 4) is 0 Å². The molecule has 4 aromatic carbocycles. The van der Waals surface area contributed by atoms with Crippen molar-refractivity contribution in [1.82, 2.24) is 0 Å². The van der Waals surface area contributed by atoms with Crippen LogP contribution in [0.4, 0.5) is 0 Å². The van der Waals surface area contributed by atoms with E-state index >= 15 is 0 Å². The molecule has 0 atom stereocenters. The first kappa shape index (κ1) is 21.3. The van der Waals surface area contributed by atoms with Gasteiger partial charge in [-0.25, -0.2) is 34.9 Å². The average molecular weight is 512 g/mol. The summed E-state index contributed by atoms with van der Waals surface area (Å²) in [5, 5.41) is 0. The predicted molar refractivity (Wildman–Crippen MR) is 160 cm³/mol. The van der Waals surface area contributed by atoms with Gasteiger partial charge in [0.05, 0.1) is 11.4 Å². The van der Waals surface area contributed by atoms with Gasteiger partial charge in [0.15, 0.2) is 35.0 Å². The molecule has 0 spiro atoms. The smallest absolute Gasteiger partial charge is 0.164 e. The number of aliphatic imine (C=N–C) groups is 7. The summed E-state index contributed by atoms with van der Waals surface area (Å²) in [6.45, 7) is 0. The topological polar surface area (TPSA) is 86.5 Å².